The summed E-state index contributed by atoms with van der Waals surface area (Å²) in [5, 5.41) is 29.4. The van der Waals surface area contributed by atoms with Gasteiger partial charge in [0, 0.05) is 18.0 Å². The first-order valence-corrected chi connectivity index (χ1v) is 10.2. The highest BCUT2D eigenvalue weighted by molar-refractivity contribution is 6.30. The van der Waals surface area contributed by atoms with Crippen LogP contribution in [0.2, 0.25) is 5.02 Å². The fourth-order valence-electron chi connectivity index (χ4n) is 3.73. The summed E-state index contributed by atoms with van der Waals surface area (Å²) in [6, 6.07) is 7.17. The van der Waals surface area contributed by atoms with Crippen LogP contribution in [0.3, 0.4) is 0 Å². The second-order valence-electron chi connectivity index (χ2n) is 7.76. The van der Waals surface area contributed by atoms with Gasteiger partial charge in [0.05, 0.1) is 29.8 Å². The summed E-state index contributed by atoms with van der Waals surface area (Å²) < 4.78 is 16.0. The van der Waals surface area contributed by atoms with E-state index in [2.05, 4.69) is 0 Å². The number of carboxylic acids is 1. The zero-order chi connectivity index (χ0) is 22.9. The normalized spacial score (nSPS) is 12.5. The zero-order valence-corrected chi connectivity index (χ0v) is 17.9. The molecule has 3 rings (SSSR count). The Morgan fingerprint density at radius 1 is 1.16 bits per heavy atom. The van der Waals surface area contributed by atoms with Crippen molar-refractivity contribution in [3.8, 4) is 0 Å². The van der Waals surface area contributed by atoms with Crippen LogP contribution in [-0.4, -0.2) is 32.5 Å². The number of pyridine rings is 1. The lowest BCUT2D eigenvalue weighted by Gasteiger charge is -2.25. The van der Waals surface area contributed by atoms with Crippen LogP contribution >= 0.6 is 11.6 Å². The lowest BCUT2D eigenvalue weighted by Crippen LogP contribution is -2.25. The molecule has 0 spiro atoms. The molecule has 164 valence electrons. The Morgan fingerprint density at radius 3 is 2.45 bits per heavy atom. The van der Waals surface area contributed by atoms with Gasteiger partial charge in [-0.1, -0.05) is 37.6 Å². The summed E-state index contributed by atoms with van der Waals surface area (Å²) in [4.78, 5) is 24.6. The summed E-state index contributed by atoms with van der Waals surface area (Å²) in [6.45, 7) is 3.11. The monoisotopic (exact) mass is 447 g/mol. The number of halogens is 2. The topological polar surface area (TPSA) is 99.8 Å². The first-order valence-electron chi connectivity index (χ1n) is 9.78. The van der Waals surface area contributed by atoms with E-state index in [1.165, 1.54) is 18.3 Å². The molecule has 0 amide bonds. The van der Waals surface area contributed by atoms with Crippen LogP contribution in [-0.2, 0) is 13.0 Å². The molecule has 3 N–H and O–H groups in total. The SMILES string of the molecule is CC(C)[C@@H](CO)n1cc(C(=O)O)c(=O)c2cc(Cc3cccc(Cl)c3F)c(CO)cc21. The summed E-state index contributed by atoms with van der Waals surface area (Å²) in [5.74, 6) is -2.03. The maximum Gasteiger partial charge on any atom is 0.341 e. The Morgan fingerprint density at radius 2 is 1.87 bits per heavy atom. The quantitative estimate of drug-likeness (QED) is 0.512. The van der Waals surface area contributed by atoms with Crippen molar-refractivity contribution in [1.29, 1.82) is 0 Å². The number of hydrogen-bond acceptors (Lipinski definition) is 4. The summed E-state index contributed by atoms with van der Waals surface area (Å²) >= 11 is 5.86. The van der Waals surface area contributed by atoms with Gasteiger partial charge in [-0.25, -0.2) is 9.18 Å². The Labute approximate surface area is 183 Å². The van der Waals surface area contributed by atoms with Crippen LogP contribution in [0.1, 0.15) is 46.9 Å². The first kappa shape index (κ1) is 22.9. The fraction of sp³-hybridized carbons (Fsp3) is 0.304. The zero-order valence-electron chi connectivity index (χ0n) is 17.1. The van der Waals surface area contributed by atoms with E-state index in [9.17, 15) is 29.3 Å². The maximum atomic E-state index is 14.4. The molecule has 2 aromatic carbocycles. The van der Waals surface area contributed by atoms with Crippen molar-refractivity contribution < 1.29 is 24.5 Å². The lowest BCUT2D eigenvalue weighted by atomic mass is 9.95. The van der Waals surface area contributed by atoms with Crippen molar-refractivity contribution in [2.75, 3.05) is 6.61 Å². The fourth-order valence-corrected chi connectivity index (χ4v) is 3.93. The van der Waals surface area contributed by atoms with E-state index >= 15 is 0 Å². The van der Waals surface area contributed by atoms with Crippen molar-refractivity contribution in [1.82, 2.24) is 4.57 Å². The molecule has 0 unspecified atom stereocenters. The predicted octanol–water partition coefficient (Wildman–Crippen LogP) is 3.76. The van der Waals surface area contributed by atoms with Crippen LogP contribution in [0.5, 0.6) is 0 Å². The van der Waals surface area contributed by atoms with Crippen molar-refractivity contribution in [3.05, 3.63) is 79.8 Å². The van der Waals surface area contributed by atoms with Gasteiger partial charge in [-0.2, -0.15) is 0 Å². The molecular weight excluding hydrogens is 425 g/mol. The minimum atomic E-state index is -1.38. The van der Waals surface area contributed by atoms with Gasteiger partial charge < -0.3 is 19.9 Å². The van der Waals surface area contributed by atoms with Gasteiger partial charge in [-0.3, -0.25) is 4.79 Å². The maximum absolute atomic E-state index is 14.4. The minimum Gasteiger partial charge on any atom is -0.477 e. The van der Waals surface area contributed by atoms with E-state index in [0.29, 0.717) is 16.6 Å². The highest BCUT2D eigenvalue weighted by Gasteiger charge is 2.22. The van der Waals surface area contributed by atoms with Gasteiger partial charge in [-0.05, 0) is 40.8 Å². The molecule has 1 atom stereocenters. The molecule has 0 aliphatic carbocycles. The van der Waals surface area contributed by atoms with Crippen molar-refractivity contribution in [3.63, 3.8) is 0 Å². The van der Waals surface area contributed by atoms with Gasteiger partial charge in [0.25, 0.3) is 0 Å². The van der Waals surface area contributed by atoms with E-state index < -0.39 is 28.8 Å². The third-order valence-corrected chi connectivity index (χ3v) is 5.77. The predicted molar refractivity (Wildman–Crippen MR) is 116 cm³/mol. The number of carboxylic acid groups (broad SMARTS) is 1. The minimum absolute atomic E-state index is 0.0397. The van der Waals surface area contributed by atoms with Gasteiger partial charge in [0.2, 0.25) is 5.43 Å². The van der Waals surface area contributed by atoms with Gasteiger partial charge >= 0.3 is 5.97 Å². The summed E-state index contributed by atoms with van der Waals surface area (Å²) in [5.41, 5.74) is 0.504. The molecule has 1 aromatic heterocycles. The molecule has 0 bridgehead atoms. The lowest BCUT2D eigenvalue weighted by molar-refractivity contribution is 0.0694. The molecule has 31 heavy (non-hydrogen) atoms. The molecule has 0 aliphatic heterocycles. The molecule has 0 radical (unpaired) electrons. The number of aromatic carboxylic acids is 1. The van der Waals surface area contributed by atoms with Crippen LogP contribution in [0.4, 0.5) is 4.39 Å². The highest BCUT2D eigenvalue weighted by Crippen LogP contribution is 2.28. The summed E-state index contributed by atoms with van der Waals surface area (Å²) in [7, 11) is 0. The largest absolute Gasteiger partial charge is 0.477 e. The number of aliphatic hydroxyl groups is 2. The third-order valence-electron chi connectivity index (χ3n) is 5.48. The van der Waals surface area contributed by atoms with E-state index in [1.54, 1.807) is 22.8 Å². The molecule has 0 aliphatic rings. The number of aromatic nitrogens is 1. The number of aliphatic hydroxyl groups excluding tert-OH is 2. The second-order valence-corrected chi connectivity index (χ2v) is 8.17. The molecule has 6 nitrogen and oxygen atoms in total. The van der Waals surface area contributed by atoms with E-state index in [-0.39, 0.29) is 41.5 Å². The second kappa shape index (κ2) is 9.18. The van der Waals surface area contributed by atoms with E-state index in [1.807, 2.05) is 13.8 Å². The van der Waals surface area contributed by atoms with Crippen LogP contribution < -0.4 is 5.43 Å². The number of nitrogens with zero attached hydrogens (tertiary/aromatic N) is 1. The molecule has 0 fully saturated rings. The molecular formula is C23H23ClFNO5. The first-order chi connectivity index (χ1) is 14.7. The summed E-state index contributed by atoms with van der Waals surface area (Å²) in [6.07, 6.45) is 1.29. The van der Waals surface area contributed by atoms with Crippen LogP contribution in [0.15, 0.2) is 41.3 Å². The smallest absolute Gasteiger partial charge is 0.341 e. The molecule has 3 aromatic rings. The Hall–Kier alpha value is -2.74. The molecule has 8 heteroatoms. The van der Waals surface area contributed by atoms with Gasteiger partial charge in [-0.15, -0.1) is 0 Å². The molecule has 0 saturated carbocycles. The average molecular weight is 448 g/mol. The number of rotatable bonds is 7. The van der Waals surface area contributed by atoms with Crippen molar-refractivity contribution in [2.24, 2.45) is 5.92 Å². The Kier molecular flexibility index (Phi) is 6.79. The van der Waals surface area contributed by atoms with E-state index in [0.717, 1.165) is 0 Å². The molecule has 0 saturated heterocycles. The number of carbonyl (C=O) groups is 1. The van der Waals surface area contributed by atoms with Crippen molar-refractivity contribution >= 4 is 28.5 Å². The van der Waals surface area contributed by atoms with Gasteiger partial charge in [0.1, 0.15) is 11.4 Å². The standard InChI is InChI=1S/C23H23ClFNO5/c1-12(2)20(11-28)26-9-17(23(30)31)22(29)16-7-14(15(10-27)8-19(16)26)6-13-4-3-5-18(24)21(13)25/h3-5,7-9,12,20,27-28H,6,10-11H2,1-2H3,(H,30,31)/t20-/m1/s1. The Bertz CT molecular complexity index is 1200. The number of benzene rings is 2. The van der Waals surface area contributed by atoms with Crippen LogP contribution in [0, 0.1) is 11.7 Å². The van der Waals surface area contributed by atoms with E-state index in [4.69, 9.17) is 11.6 Å². The molecule has 1 heterocycles. The van der Waals surface area contributed by atoms with Crippen molar-refractivity contribution in [2.45, 2.75) is 32.9 Å². The average Bonchev–Trinajstić information content (AvgIpc) is 2.72. The van der Waals surface area contributed by atoms with Gasteiger partial charge in [0.15, 0.2) is 0 Å². The third kappa shape index (κ3) is 4.35. The number of hydrogen-bond donors (Lipinski definition) is 3. The van der Waals surface area contributed by atoms with Crippen LogP contribution in [0.25, 0.3) is 10.9 Å². The highest BCUT2D eigenvalue weighted by atomic mass is 35.5. The number of fused-ring (bicyclic) bond motifs is 1. The Balaban J connectivity index is 2.32.